The molecule has 2 atom stereocenters. The molecule has 2 N–H and O–H groups in total. The topological polar surface area (TPSA) is 54.3 Å². The van der Waals surface area contributed by atoms with Crippen LogP contribution in [-0.2, 0) is 0 Å². The minimum absolute atomic E-state index is 0.0964. The monoisotopic (exact) mass is 234 g/mol. The number of rotatable bonds is 3. The first kappa shape index (κ1) is 10.8. The van der Waals surface area contributed by atoms with Crippen molar-refractivity contribution in [3.8, 4) is 0 Å². The Bertz CT molecular complexity index is 376. The van der Waals surface area contributed by atoms with Gasteiger partial charge in [0.15, 0.2) is 5.76 Å². The summed E-state index contributed by atoms with van der Waals surface area (Å²) in [5.41, 5.74) is 0. The summed E-state index contributed by atoms with van der Waals surface area (Å²) in [6.45, 7) is 0.772. The molecular formula is C13H18N2O2. The fraction of sp³-hybridized carbons (Fsp3) is 0.615. The molecule has 0 radical (unpaired) electrons. The molecule has 2 unspecified atom stereocenters. The zero-order valence-electron chi connectivity index (χ0n) is 9.82. The molecule has 1 aromatic rings. The lowest BCUT2D eigenvalue weighted by Crippen LogP contribution is -2.42. The third-order valence-electron chi connectivity index (χ3n) is 3.87. The van der Waals surface area contributed by atoms with E-state index in [-0.39, 0.29) is 5.91 Å². The van der Waals surface area contributed by atoms with E-state index in [1.165, 1.54) is 31.9 Å². The molecule has 0 spiro atoms. The molecule has 2 aliphatic heterocycles. The van der Waals surface area contributed by atoms with Crippen molar-refractivity contribution in [2.75, 3.05) is 6.54 Å². The van der Waals surface area contributed by atoms with Crippen LogP contribution < -0.4 is 10.6 Å². The fourth-order valence-electron chi connectivity index (χ4n) is 3.07. The standard InChI is InChI=1S/C13H18N2O2/c16-13(12-2-1-5-17-12)14-8-9-6-10-3-4-11(7-9)15-10/h1-2,5,9-11,15H,3-4,6-8H2,(H,14,16). The molecule has 2 aliphatic rings. The summed E-state index contributed by atoms with van der Waals surface area (Å²) in [5.74, 6) is 0.926. The number of carbonyl (C=O) groups excluding carboxylic acids is 1. The first-order valence-electron chi connectivity index (χ1n) is 6.39. The summed E-state index contributed by atoms with van der Waals surface area (Å²) in [4.78, 5) is 11.7. The largest absolute Gasteiger partial charge is 0.459 e. The Kier molecular flexibility index (Phi) is 2.89. The Labute approximate surface area is 101 Å². The molecule has 92 valence electrons. The van der Waals surface area contributed by atoms with E-state index in [1.807, 2.05) is 0 Å². The molecule has 4 nitrogen and oxygen atoms in total. The third-order valence-corrected chi connectivity index (χ3v) is 3.87. The maximum absolute atomic E-state index is 11.7. The third kappa shape index (κ3) is 2.36. The van der Waals surface area contributed by atoms with Crippen molar-refractivity contribution in [2.24, 2.45) is 5.92 Å². The Morgan fingerprint density at radius 2 is 2.18 bits per heavy atom. The van der Waals surface area contributed by atoms with Crippen LogP contribution in [0.2, 0.25) is 0 Å². The van der Waals surface area contributed by atoms with E-state index < -0.39 is 0 Å². The highest BCUT2D eigenvalue weighted by Gasteiger charge is 2.33. The molecule has 0 aliphatic carbocycles. The van der Waals surface area contributed by atoms with Gasteiger partial charge in [-0.15, -0.1) is 0 Å². The van der Waals surface area contributed by atoms with Crippen molar-refractivity contribution >= 4 is 5.91 Å². The molecule has 17 heavy (non-hydrogen) atoms. The van der Waals surface area contributed by atoms with Gasteiger partial charge in [-0.05, 0) is 43.7 Å². The van der Waals surface area contributed by atoms with Gasteiger partial charge >= 0.3 is 0 Å². The van der Waals surface area contributed by atoms with Gasteiger partial charge < -0.3 is 15.1 Å². The van der Waals surface area contributed by atoms with E-state index in [0.717, 1.165) is 6.54 Å². The van der Waals surface area contributed by atoms with Crippen molar-refractivity contribution in [1.82, 2.24) is 10.6 Å². The first-order chi connectivity index (χ1) is 8.31. The predicted molar refractivity (Wildman–Crippen MR) is 63.7 cm³/mol. The van der Waals surface area contributed by atoms with Gasteiger partial charge in [-0.1, -0.05) is 0 Å². The second-order valence-corrected chi connectivity index (χ2v) is 5.16. The van der Waals surface area contributed by atoms with Crippen LogP contribution in [0.1, 0.15) is 36.2 Å². The van der Waals surface area contributed by atoms with Gasteiger partial charge in [0.05, 0.1) is 6.26 Å². The normalized spacial score (nSPS) is 31.4. The highest BCUT2D eigenvalue weighted by molar-refractivity contribution is 5.91. The van der Waals surface area contributed by atoms with Crippen molar-refractivity contribution in [1.29, 1.82) is 0 Å². The smallest absolute Gasteiger partial charge is 0.286 e. The van der Waals surface area contributed by atoms with Crippen LogP contribution in [0.15, 0.2) is 22.8 Å². The Hall–Kier alpha value is -1.29. The van der Waals surface area contributed by atoms with Gasteiger partial charge in [-0.2, -0.15) is 0 Å². The lowest BCUT2D eigenvalue weighted by atomic mass is 9.92. The molecule has 3 heterocycles. The second kappa shape index (κ2) is 4.53. The lowest BCUT2D eigenvalue weighted by Gasteiger charge is -2.29. The van der Waals surface area contributed by atoms with Gasteiger partial charge in [0.1, 0.15) is 0 Å². The Morgan fingerprint density at radius 3 is 2.82 bits per heavy atom. The highest BCUT2D eigenvalue weighted by Crippen LogP contribution is 2.30. The SMILES string of the molecule is O=C(NCC1CC2CCC(C1)N2)c1ccco1. The predicted octanol–water partition coefficient (Wildman–Crippen LogP) is 1.54. The molecular weight excluding hydrogens is 216 g/mol. The van der Waals surface area contributed by atoms with Crippen molar-refractivity contribution in [2.45, 2.75) is 37.8 Å². The van der Waals surface area contributed by atoms with Crippen LogP contribution in [-0.4, -0.2) is 24.5 Å². The van der Waals surface area contributed by atoms with Crippen LogP contribution in [0, 0.1) is 5.92 Å². The van der Waals surface area contributed by atoms with Gasteiger partial charge in [-0.3, -0.25) is 4.79 Å². The summed E-state index contributed by atoms with van der Waals surface area (Å²) >= 11 is 0. The van der Waals surface area contributed by atoms with E-state index >= 15 is 0 Å². The molecule has 3 rings (SSSR count). The minimum Gasteiger partial charge on any atom is -0.459 e. The summed E-state index contributed by atoms with van der Waals surface area (Å²) in [6.07, 6.45) is 6.50. The average Bonchev–Trinajstić information content (AvgIpc) is 2.96. The van der Waals surface area contributed by atoms with E-state index in [0.29, 0.717) is 23.8 Å². The van der Waals surface area contributed by atoms with Gasteiger partial charge in [0.2, 0.25) is 0 Å². The average molecular weight is 234 g/mol. The number of furan rings is 1. The summed E-state index contributed by atoms with van der Waals surface area (Å²) in [6, 6.07) is 4.79. The quantitative estimate of drug-likeness (QED) is 0.834. The molecule has 2 fully saturated rings. The molecule has 2 bridgehead atoms. The Balaban J connectivity index is 1.50. The molecule has 1 amide bonds. The molecule has 0 saturated carbocycles. The number of hydrogen-bond acceptors (Lipinski definition) is 3. The number of fused-ring (bicyclic) bond motifs is 2. The summed E-state index contributed by atoms with van der Waals surface area (Å²) < 4.78 is 5.07. The maximum Gasteiger partial charge on any atom is 0.286 e. The highest BCUT2D eigenvalue weighted by atomic mass is 16.3. The van der Waals surface area contributed by atoms with Crippen LogP contribution in [0.25, 0.3) is 0 Å². The van der Waals surface area contributed by atoms with Crippen LogP contribution in [0.3, 0.4) is 0 Å². The van der Waals surface area contributed by atoms with Crippen LogP contribution in [0.4, 0.5) is 0 Å². The van der Waals surface area contributed by atoms with Crippen molar-refractivity contribution < 1.29 is 9.21 Å². The first-order valence-corrected chi connectivity index (χ1v) is 6.39. The molecule has 0 aromatic carbocycles. The zero-order valence-corrected chi connectivity index (χ0v) is 9.82. The van der Waals surface area contributed by atoms with Crippen molar-refractivity contribution in [3.63, 3.8) is 0 Å². The van der Waals surface area contributed by atoms with Gasteiger partial charge in [0.25, 0.3) is 5.91 Å². The molecule has 4 heteroatoms. The summed E-state index contributed by atoms with van der Waals surface area (Å²) in [7, 11) is 0. The number of carbonyl (C=O) groups is 1. The van der Waals surface area contributed by atoms with Crippen LogP contribution in [0.5, 0.6) is 0 Å². The van der Waals surface area contributed by atoms with Crippen LogP contribution >= 0.6 is 0 Å². The molecule has 1 aromatic heterocycles. The van der Waals surface area contributed by atoms with Gasteiger partial charge in [0, 0.05) is 18.6 Å². The van der Waals surface area contributed by atoms with Crippen molar-refractivity contribution in [3.05, 3.63) is 24.2 Å². The zero-order chi connectivity index (χ0) is 11.7. The van der Waals surface area contributed by atoms with Gasteiger partial charge in [-0.25, -0.2) is 0 Å². The molecule has 2 saturated heterocycles. The van der Waals surface area contributed by atoms with E-state index in [2.05, 4.69) is 10.6 Å². The summed E-state index contributed by atoms with van der Waals surface area (Å²) in [5, 5.41) is 6.57. The minimum atomic E-state index is -0.0964. The number of amides is 1. The van der Waals surface area contributed by atoms with E-state index in [4.69, 9.17) is 4.42 Å². The second-order valence-electron chi connectivity index (χ2n) is 5.16. The maximum atomic E-state index is 11.7. The van der Waals surface area contributed by atoms with E-state index in [1.54, 1.807) is 12.1 Å². The fourth-order valence-corrected chi connectivity index (χ4v) is 3.07. The Morgan fingerprint density at radius 1 is 1.41 bits per heavy atom. The number of hydrogen-bond donors (Lipinski definition) is 2. The number of nitrogens with one attached hydrogen (secondary N) is 2. The lowest BCUT2D eigenvalue weighted by molar-refractivity contribution is 0.0914. The number of piperidine rings is 1. The van der Waals surface area contributed by atoms with E-state index in [9.17, 15) is 4.79 Å².